The summed E-state index contributed by atoms with van der Waals surface area (Å²) in [5, 5.41) is 0. The van der Waals surface area contributed by atoms with Gasteiger partial charge in [0.1, 0.15) is 0 Å². The quantitative estimate of drug-likeness (QED) is 0.140. The normalized spacial score (nSPS) is 13.8. The minimum Gasteiger partial charge on any atom is -0.466 e. The summed E-state index contributed by atoms with van der Waals surface area (Å²) in [7, 11) is 0. The van der Waals surface area contributed by atoms with Gasteiger partial charge >= 0.3 is 5.97 Å². The molecule has 0 spiro atoms. The van der Waals surface area contributed by atoms with E-state index in [2.05, 4.69) is 32.9 Å². The number of esters is 1. The average Bonchev–Trinajstić information content (AvgIpc) is 2.63. The summed E-state index contributed by atoms with van der Waals surface area (Å²) in [6.07, 6.45) is 22.2. The highest BCUT2D eigenvalue weighted by molar-refractivity contribution is 5.74. The Morgan fingerprint density at radius 3 is 1.81 bits per heavy atom. The van der Waals surface area contributed by atoms with Crippen LogP contribution in [0.2, 0.25) is 0 Å². The van der Waals surface area contributed by atoms with Gasteiger partial charge in [-0.1, -0.05) is 110 Å². The highest BCUT2D eigenvalue weighted by Crippen LogP contribution is 2.18. The molecule has 0 aromatic carbocycles. The molecule has 0 aliphatic carbocycles. The SMILES string of the molecule is CCCCCCCCCCC(/C=C\C(C)CCCCCC)C(=O)OCC. The number of carbonyl (C=O) groups excluding carboxylic acids is 1. The molecule has 0 amide bonds. The Labute approximate surface area is 164 Å². The second-order valence-corrected chi connectivity index (χ2v) is 7.83. The molecule has 154 valence electrons. The van der Waals surface area contributed by atoms with Gasteiger partial charge in [0.15, 0.2) is 0 Å². The van der Waals surface area contributed by atoms with Crippen LogP contribution in [0.15, 0.2) is 12.2 Å². The summed E-state index contributed by atoms with van der Waals surface area (Å²) < 4.78 is 5.28. The van der Waals surface area contributed by atoms with Gasteiger partial charge in [-0.25, -0.2) is 0 Å². The number of ether oxygens (including phenoxy) is 1. The van der Waals surface area contributed by atoms with Crippen LogP contribution in [-0.4, -0.2) is 12.6 Å². The average molecular weight is 367 g/mol. The van der Waals surface area contributed by atoms with Crippen LogP contribution < -0.4 is 0 Å². The first-order valence-corrected chi connectivity index (χ1v) is 11.5. The minimum atomic E-state index is -0.0480. The van der Waals surface area contributed by atoms with E-state index in [-0.39, 0.29) is 11.9 Å². The molecular formula is C24H46O2. The first kappa shape index (κ1) is 25.2. The van der Waals surface area contributed by atoms with Crippen molar-refractivity contribution in [3.05, 3.63) is 12.2 Å². The fourth-order valence-electron chi connectivity index (χ4n) is 3.35. The molecule has 2 atom stereocenters. The van der Waals surface area contributed by atoms with E-state index in [0.717, 1.165) is 12.8 Å². The Balaban J connectivity index is 4.11. The molecule has 0 radical (unpaired) electrons. The number of hydrogen-bond acceptors (Lipinski definition) is 2. The third kappa shape index (κ3) is 15.5. The van der Waals surface area contributed by atoms with Gasteiger partial charge in [-0.05, 0) is 25.7 Å². The molecule has 26 heavy (non-hydrogen) atoms. The van der Waals surface area contributed by atoms with Crippen molar-refractivity contribution in [2.24, 2.45) is 11.8 Å². The summed E-state index contributed by atoms with van der Waals surface area (Å²) in [5.41, 5.74) is 0. The lowest BCUT2D eigenvalue weighted by Crippen LogP contribution is -2.16. The van der Waals surface area contributed by atoms with Crippen molar-refractivity contribution in [3.8, 4) is 0 Å². The van der Waals surface area contributed by atoms with Gasteiger partial charge in [0, 0.05) is 0 Å². The standard InChI is InChI=1S/C24H46O2/c1-5-8-10-12-13-14-15-17-19-23(24(25)26-7-3)21-20-22(4)18-16-11-9-6-2/h20-23H,5-19H2,1-4H3/b21-20-. The summed E-state index contributed by atoms with van der Waals surface area (Å²) in [6.45, 7) is 9.15. The summed E-state index contributed by atoms with van der Waals surface area (Å²) in [6, 6.07) is 0. The number of unbranched alkanes of at least 4 members (excludes halogenated alkanes) is 10. The van der Waals surface area contributed by atoms with Gasteiger partial charge in [-0.15, -0.1) is 0 Å². The van der Waals surface area contributed by atoms with Crippen LogP contribution in [0.1, 0.15) is 118 Å². The van der Waals surface area contributed by atoms with Crippen molar-refractivity contribution >= 4 is 5.97 Å². The molecule has 2 nitrogen and oxygen atoms in total. The molecule has 0 aliphatic heterocycles. The Hall–Kier alpha value is -0.790. The minimum absolute atomic E-state index is 0.0371. The Kier molecular flexibility index (Phi) is 18.4. The molecule has 0 saturated heterocycles. The number of allylic oxidation sites excluding steroid dienone is 1. The molecule has 0 saturated carbocycles. The third-order valence-corrected chi connectivity index (χ3v) is 5.14. The lowest BCUT2D eigenvalue weighted by molar-refractivity contribution is -0.146. The highest BCUT2D eigenvalue weighted by atomic mass is 16.5. The lowest BCUT2D eigenvalue weighted by atomic mass is 9.96. The predicted octanol–water partition coefficient (Wildman–Crippen LogP) is 7.86. The van der Waals surface area contributed by atoms with E-state index in [9.17, 15) is 4.79 Å². The topological polar surface area (TPSA) is 26.3 Å². The molecule has 0 rings (SSSR count). The van der Waals surface area contributed by atoms with Crippen LogP contribution in [0.5, 0.6) is 0 Å². The fourth-order valence-corrected chi connectivity index (χ4v) is 3.35. The van der Waals surface area contributed by atoms with E-state index < -0.39 is 0 Å². The van der Waals surface area contributed by atoms with Crippen molar-refractivity contribution in [2.75, 3.05) is 6.61 Å². The number of rotatable bonds is 18. The van der Waals surface area contributed by atoms with Gasteiger partial charge < -0.3 is 4.74 Å². The van der Waals surface area contributed by atoms with Crippen molar-refractivity contribution in [1.82, 2.24) is 0 Å². The highest BCUT2D eigenvalue weighted by Gasteiger charge is 2.16. The van der Waals surface area contributed by atoms with Crippen LogP contribution >= 0.6 is 0 Å². The van der Waals surface area contributed by atoms with E-state index in [1.54, 1.807) is 0 Å². The molecular weight excluding hydrogens is 320 g/mol. The van der Waals surface area contributed by atoms with Crippen molar-refractivity contribution in [2.45, 2.75) is 118 Å². The van der Waals surface area contributed by atoms with Crippen LogP contribution in [-0.2, 0) is 9.53 Å². The maximum absolute atomic E-state index is 12.2. The molecule has 0 heterocycles. The second kappa shape index (κ2) is 19.0. The van der Waals surface area contributed by atoms with Gasteiger partial charge in [0.25, 0.3) is 0 Å². The molecule has 2 unspecified atom stereocenters. The summed E-state index contributed by atoms with van der Waals surface area (Å²) in [4.78, 5) is 12.2. The zero-order valence-electron chi connectivity index (χ0n) is 18.2. The van der Waals surface area contributed by atoms with E-state index in [0.29, 0.717) is 12.5 Å². The van der Waals surface area contributed by atoms with Gasteiger partial charge in [0.05, 0.1) is 12.5 Å². The lowest BCUT2D eigenvalue weighted by Gasteiger charge is -2.13. The van der Waals surface area contributed by atoms with Crippen LogP contribution in [0.25, 0.3) is 0 Å². The van der Waals surface area contributed by atoms with Crippen molar-refractivity contribution in [3.63, 3.8) is 0 Å². The number of hydrogen-bond donors (Lipinski definition) is 0. The fraction of sp³-hybridized carbons (Fsp3) is 0.875. The smallest absolute Gasteiger partial charge is 0.312 e. The van der Waals surface area contributed by atoms with Crippen molar-refractivity contribution in [1.29, 1.82) is 0 Å². The molecule has 0 aromatic rings. The Bertz CT molecular complexity index is 335. The molecule has 0 aromatic heterocycles. The largest absolute Gasteiger partial charge is 0.466 e. The summed E-state index contributed by atoms with van der Waals surface area (Å²) in [5.74, 6) is 0.473. The first-order valence-electron chi connectivity index (χ1n) is 11.5. The monoisotopic (exact) mass is 366 g/mol. The predicted molar refractivity (Wildman–Crippen MR) is 114 cm³/mol. The van der Waals surface area contributed by atoms with Crippen LogP contribution in [0.4, 0.5) is 0 Å². The van der Waals surface area contributed by atoms with Gasteiger partial charge in [0.2, 0.25) is 0 Å². The van der Waals surface area contributed by atoms with Crippen LogP contribution in [0, 0.1) is 11.8 Å². The van der Waals surface area contributed by atoms with E-state index >= 15 is 0 Å². The first-order chi connectivity index (χ1) is 12.7. The van der Waals surface area contributed by atoms with E-state index in [1.165, 1.54) is 77.0 Å². The zero-order chi connectivity index (χ0) is 19.5. The number of carbonyl (C=O) groups is 1. The molecule has 0 N–H and O–H groups in total. The maximum atomic E-state index is 12.2. The molecule has 0 fully saturated rings. The Morgan fingerprint density at radius 2 is 1.23 bits per heavy atom. The molecule has 0 bridgehead atoms. The van der Waals surface area contributed by atoms with E-state index in [4.69, 9.17) is 4.74 Å². The summed E-state index contributed by atoms with van der Waals surface area (Å²) >= 11 is 0. The second-order valence-electron chi connectivity index (χ2n) is 7.83. The molecule has 2 heteroatoms. The third-order valence-electron chi connectivity index (χ3n) is 5.14. The van der Waals surface area contributed by atoms with Crippen LogP contribution in [0.3, 0.4) is 0 Å². The van der Waals surface area contributed by atoms with E-state index in [1.807, 2.05) is 6.92 Å². The Morgan fingerprint density at radius 1 is 0.731 bits per heavy atom. The maximum Gasteiger partial charge on any atom is 0.312 e. The van der Waals surface area contributed by atoms with Gasteiger partial charge in [-0.2, -0.15) is 0 Å². The molecule has 0 aliphatic rings. The van der Waals surface area contributed by atoms with Crippen molar-refractivity contribution < 1.29 is 9.53 Å². The van der Waals surface area contributed by atoms with Gasteiger partial charge in [-0.3, -0.25) is 4.79 Å². The zero-order valence-corrected chi connectivity index (χ0v) is 18.2.